The highest BCUT2D eigenvalue weighted by molar-refractivity contribution is 7.17. The molecule has 0 fully saturated rings. The van der Waals surface area contributed by atoms with E-state index in [0.717, 1.165) is 10.2 Å². The number of pyridine rings is 1. The van der Waals surface area contributed by atoms with E-state index in [9.17, 15) is 4.79 Å². The summed E-state index contributed by atoms with van der Waals surface area (Å²) >= 11 is 8.88. The fourth-order valence-corrected chi connectivity index (χ4v) is 3.44. The maximum Gasteiger partial charge on any atom is 0.206 e. The number of hydrogen-bond donors (Lipinski definition) is 0. The second-order valence-corrected chi connectivity index (χ2v) is 5.73. The van der Waals surface area contributed by atoms with Crippen LogP contribution >= 0.6 is 34.3 Å². The van der Waals surface area contributed by atoms with Gasteiger partial charge in [-0.3, -0.25) is 9.78 Å². The number of aromatic nitrogens is 1. The van der Waals surface area contributed by atoms with Gasteiger partial charge in [0.1, 0.15) is 0 Å². The molecule has 0 unspecified atom stereocenters. The third-order valence-corrected chi connectivity index (χ3v) is 4.58. The topological polar surface area (TPSA) is 30.0 Å². The zero-order valence-corrected chi connectivity index (χ0v) is 10.9. The fraction of sp³-hybridized carbons (Fsp3) is 0. The van der Waals surface area contributed by atoms with E-state index in [1.54, 1.807) is 23.6 Å². The highest BCUT2D eigenvalue weighted by atomic mass is 35.5. The Morgan fingerprint density at radius 2 is 2.06 bits per heavy atom. The number of halogens is 1. The second-order valence-electron chi connectivity index (χ2n) is 3.45. The standard InChI is InChI=1S/C12H6ClNOS2/c13-8-1-3-17-12(8)11(15)7-5-10-9(14-6-7)2-4-16-10/h1-6H. The molecule has 2 nitrogen and oxygen atoms in total. The first-order chi connectivity index (χ1) is 8.25. The Bertz CT molecular complexity index is 701. The van der Waals surface area contributed by atoms with Gasteiger partial charge in [-0.05, 0) is 29.0 Å². The van der Waals surface area contributed by atoms with Crippen LogP contribution < -0.4 is 0 Å². The van der Waals surface area contributed by atoms with Crippen LogP contribution in [0.5, 0.6) is 0 Å². The molecule has 0 aromatic carbocycles. The van der Waals surface area contributed by atoms with Crippen molar-refractivity contribution in [1.82, 2.24) is 4.98 Å². The summed E-state index contributed by atoms with van der Waals surface area (Å²) in [7, 11) is 0. The minimum atomic E-state index is -0.0622. The zero-order valence-electron chi connectivity index (χ0n) is 8.51. The monoisotopic (exact) mass is 279 g/mol. The second kappa shape index (κ2) is 4.22. The molecule has 0 spiro atoms. The Morgan fingerprint density at radius 3 is 2.82 bits per heavy atom. The number of ketones is 1. The maximum atomic E-state index is 12.2. The molecule has 0 aliphatic rings. The molecular formula is C12H6ClNOS2. The number of hydrogen-bond acceptors (Lipinski definition) is 4. The number of nitrogens with zero attached hydrogens (tertiary/aromatic N) is 1. The quantitative estimate of drug-likeness (QED) is 0.657. The first kappa shape index (κ1) is 10.9. The third-order valence-electron chi connectivity index (χ3n) is 2.39. The Kier molecular flexibility index (Phi) is 2.70. The largest absolute Gasteiger partial charge is 0.288 e. The molecule has 3 heterocycles. The molecule has 5 heteroatoms. The van der Waals surface area contributed by atoms with Crippen LogP contribution in [0.4, 0.5) is 0 Å². The molecule has 0 amide bonds. The number of carbonyl (C=O) groups excluding carboxylic acids is 1. The summed E-state index contributed by atoms with van der Waals surface area (Å²) in [5.74, 6) is -0.0622. The van der Waals surface area contributed by atoms with Crippen molar-refractivity contribution in [3.05, 3.63) is 50.6 Å². The normalized spacial score (nSPS) is 10.9. The van der Waals surface area contributed by atoms with Crippen LogP contribution in [-0.4, -0.2) is 10.8 Å². The molecule has 0 aliphatic heterocycles. The van der Waals surface area contributed by atoms with E-state index in [1.807, 2.05) is 22.9 Å². The van der Waals surface area contributed by atoms with E-state index >= 15 is 0 Å². The van der Waals surface area contributed by atoms with E-state index < -0.39 is 0 Å². The van der Waals surface area contributed by atoms with Gasteiger partial charge in [0.05, 0.1) is 20.1 Å². The predicted molar refractivity (Wildman–Crippen MR) is 72.4 cm³/mol. The Morgan fingerprint density at radius 1 is 1.24 bits per heavy atom. The van der Waals surface area contributed by atoms with Gasteiger partial charge in [0.2, 0.25) is 5.78 Å². The lowest BCUT2D eigenvalue weighted by molar-refractivity contribution is 0.104. The van der Waals surface area contributed by atoms with Crippen molar-refractivity contribution in [2.24, 2.45) is 0 Å². The molecule has 3 aromatic heterocycles. The van der Waals surface area contributed by atoms with E-state index in [-0.39, 0.29) is 5.78 Å². The average Bonchev–Trinajstić information content (AvgIpc) is 2.95. The highest BCUT2D eigenvalue weighted by Gasteiger charge is 2.15. The molecule has 0 atom stereocenters. The molecule has 3 aromatic rings. The van der Waals surface area contributed by atoms with Gasteiger partial charge in [-0.15, -0.1) is 22.7 Å². The lowest BCUT2D eigenvalue weighted by Crippen LogP contribution is -1.99. The van der Waals surface area contributed by atoms with E-state index in [2.05, 4.69) is 4.98 Å². The first-order valence-corrected chi connectivity index (χ1v) is 7.00. The van der Waals surface area contributed by atoms with Gasteiger partial charge >= 0.3 is 0 Å². The van der Waals surface area contributed by atoms with Crippen LogP contribution in [0.3, 0.4) is 0 Å². The summed E-state index contributed by atoms with van der Waals surface area (Å²) in [5, 5.41) is 4.28. The van der Waals surface area contributed by atoms with E-state index in [0.29, 0.717) is 15.5 Å². The number of rotatable bonds is 2. The lowest BCUT2D eigenvalue weighted by Gasteiger charge is -1.98. The SMILES string of the molecule is O=C(c1cnc2ccsc2c1)c1sccc1Cl. The van der Waals surface area contributed by atoms with E-state index in [4.69, 9.17) is 11.6 Å². The highest BCUT2D eigenvalue weighted by Crippen LogP contribution is 2.26. The Labute approximate surface area is 111 Å². The van der Waals surface area contributed by atoms with Crippen molar-refractivity contribution in [2.75, 3.05) is 0 Å². The molecule has 3 rings (SSSR count). The fourth-order valence-electron chi connectivity index (χ4n) is 1.56. The summed E-state index contributed by atoms with van der Waals surface area (Å²) < 4.78 is 1.02. The Hall–Kier alpha value is -1.23. The van der Waals surface area contributed by atoms with Crippen LogP contribution in [-0.2, 0) is 0 Å². The summed E-state index contributed by atoms with van der Waals surface area (Å²) in [4.78, 5) is 17.0. The van der Waals surface area contributed by atoms with Crippen LogP contribution in [0.25, 0.3) is 10.2 Å². The van der Waals surface area contributed by atoms with Crippen molar-refractivity contribution in [3.8, 4) is 0 Å². The van der Waals surface area contributed by atoms with Crippen molar-refractivity contribution >= 4 is 50.3 Å². The lowest BCUT2D eigenvalue weighted by atomic mass is 10.1. The smallest absolute Gasteiger partial charge is 0.206 e. The predicted octanol–water partition coefficient (Wildman–Crippen LogP) is 4.24. The van der Waals surface area contributed by atoms with Crippen molar-refractivity contribution in [1.29, 1.82) is 0 Å². The van der Waals surface area contributed by atoms with Gasteiger partial charge in [0.25, 0.3) is 0 Å². The van der Waals surface area contributed by atoms with Crippen LogP contribution in [0.2, 0.25) is 5.02 Å². The molecule has 17 heavy (non-hydrogen) atoms. The molecule has 0 radical (unpaired) electrons. The first-order valence-electron chi connectivity index (χ1n) is 4.86. The third kappa shape index (κ3) is 1.88. The van der Waals surface area contributed by atoms with E-state index in [1.165, 1.54) is 11.3 Å². The molecule has 0 saturated heterocycles. The maximum absolute atomic E-state index is 12.2. The Balaban J connectivity index is 2.09. The molecule has 84 valence electrons. The van der Waals surface area contributed by atoms with Crippen molar-refractivity contribution in [3.63, 3.8) is 0 Å². The molecule has 0 N–H and O–H groups in total. The van der Waals surface area contributed by atoms with Gasteiger partial charge < -0.3 is 0 Å². The van der Waals surface area contributed by atoms with Gasteiger partial charge in [0.15, 0.2) is 0 Å². The van der Waals surface area contributed by atoms with Gasteiger partial charge in [0, 0.05) is 11.8 Å². The molecular weight excluding hydrogens is 274 g/mol. The molecule has 0 bridgehead atoms. The van der Waals surface area contributed by atoms with Crippen LogP contribution in [0.15, 0.2) is 35.2 Å². The minimum Gasteiger partial charge on any atom is -0.288 e. The van der Waals surface area contributed by atoms with Crippen molar-refractivity contribution < 1.29 is 4.79 Å². The van der Waals surface area contributed by atoms with Gasteiger partial charge in [-0.1, -0.05) is 11.6 Å². The number of carbonyl (C=O) groups is 1. The van der Waals surface area contributed by atoms with Crippen LogP contribution in [0, 0.1) is 0 Å². The van der Waals surface area contributed by atoms with Crippen molar-refractivity contribution in [2.45, 2.75) is 0 Å². The summed E-state index contributed by atoms with van der Waals surface area (Å²) in [6.45, 7) is 0. The minimum absolute atomic E-state index is 0.0622. The van der Waals surface area contributed by atoms with Gasteiger partial charge in [-0.25, -0.2) is 0 Å². The van der Waals surface area contributed by atoms with Gasteiger partial charge in [-0.2, -0.15) is 0 Å². The molecule has 0 saturated carbocycles. The molecule has 0 aliphatic carbocycles. The van der Waals surface area contributed by atoms with Crippen LogP contribution in [0.1, 0.15) is 15.2 Å². The summed E-state index contributed by atoms with van der Waals surface area (Å²) in [6, 6.07) is 5.54. The average molecular weight is 280 g/mol. The summed E-state index contributed by atoms with van der Waals surface area (Å²) in [6.07, 6.45) is 1.60. The number of thiophene rings is 2. The number of fused-ring (bicyclic) bond motifs is 1. The summed E-state index contributed by atoms with van der Waals surface area (Å²) in [5.41, 5.74) is 1.51. The zero-order chi connectivity index (χ0) is 11.8.